The van der Waals surface area contributed by atoms with E-state index in [1.165, 1.54) is 12.1 Å². The topological polar surface area (TPSA) is 169 Å². The van der Waals surface area contributed by atoms with Gasteiger partial charge in [-0.1, -0.05) is 37.9 Å². The third-order valence-corrected chi connectivity index (χ3v) is 4.80. The Morgan fingerprint density at radius 3 is 1.59 bits per heavy atom. The van der Waals surface area contributed by atoms with Crippen molar-refractivity contribution in [3.8, 4) is 0 Å². The number of alkyl halides is 1. The molecule has 0 aliphatic rings. The van der Waals surface area contributed by atoms with Crippen molar-refractivity contribution in [2.75, 3.05) is 11.6 Å². The van der Waals surface area contributed by atoms with Gasteiger partial charge in [-0.3, -0.25) is 9.59 Å². The van der Waals surface area contributed by atoms with Crippen molar-refractivity contribution >= 4 is 62.2 Å². The van der Waals surface area contributed by atoms with Crippen LogP contribution < -0.4 is 0 Å². The molecule has 34 heavy (non-hydrogen) atoms. The maximum absolute atomic E-state index is 11.5. The highest BCUT2D eigenvalue weighted by Crippen LogP contribution is 2.10. The highest BCUT2D eigenvalue weighted by Gasteiger charge is 2.15. The first-order chi connectivity index (χ1) is 15.8. The van der Waals surface area contributed by atoms with Gasteiger partial charge in [0.1, 0.15) is 0 Å². The van der Waals surface area contributed by atoms with E-state index in [0.29, 0.717) is 5.88 Å². The monoisotopic (exact) mass is 538 g/mol. The number of esters is 2. The average Bonchev–Trinajstić information content (AvgIpc) is 2.79. The van der Waals surface area contributed by atoms with Crippen LogP contribution in [0, 0.1) is 0 Å². The second-order valence-electron chi connectivity index (χ2n) is 5.26. The van der Waals surface area contributed by atoms with Crippen LogP contribution in [0.1, 0.15) is 12.8 Å². The van der Waals surface area contributed by atoms with Crippen molar-refractivity contribution < 1.29 is 47.3 Å². The number of hydrogen-bond acceptors (Lipinski definition) is 8. The smallest absolute Gasteiger partial charge is 0.338 e. The third-order valence-electron chi connectivity index (χ3n) is 2.69. The molecule has 0 aromatic heterocycles. The summed E-state index contributed by atoms with van der Waals surface area (Å²) in [5, 5.41) is 15.6. The molecule has 0 bridgehead atoms. The predicted molar refractivity (Wildman–Crippen MR) is 126 cm³/mol. The molecule has 0 spiro atoms. The summed E-state index contributed by atoms with van der Waals surface area (Å²) in [6, 6.07) is 7.83. The summed E-state index contributed by atoms with van der Waals surface area (Å²) in [4.78, 5) is 49.7. The van der Waals surface area contributed by atoms with Gasteiger partial charge in [0, 0.05) is 30.5 Å². The van der Waals surface area contributed by atoms with E-state index in [2.05, 4.69) is 24.5 Å². The Labute approximate surface area is 207 Å². The van der Waals surface area contributed by atoms with Crippen LogP contribution in [0.2, 0.25) is 0 Å². The zero-order valence-electron chi connectivity index (χ0n) is 17.9. The zero-order chi connectivity index (χ0) is 27.2. The molecule has 0 atom stereocenters. The molecule has 0 amide bonds. The van der Waals surface area contributed by atoms with E-state index < -0.39 is 33.7 Å². The number of ether oxygens (including phenoxy) is 1. The van der Waals surface area contributed by atoms with E-state index in [0.717, 1.165) is 18.2 Å². The molecular formula is C21H24Cl2O10S. The number of carboxylic acid groups (broad SMARTS) is 2. The lowest BCUT2D eigenvalue weighted by atomic mass is 10.4. The van der Waals surface area contributed by atoms with E-state index in [9.17, 15) is 32.4 Å². The molecule has 0 saturated heterocycles. The van der Waals surface area contributed by atoms with Crippen molar-refractivity contribution in [1.29, 1.82) is 0 Å². The number of halogens is 2. The van der Waals surface area contributed by atoms with Crippen molar-refractivity contribution in [2.45, 2.75) is 17.7 Å². The van der Waals surface area contributed by atoms with Gasteiger partial charge in [0.05, 0.1) is 17.1 Å². The summed E-state index contributed by atoms with van der Waals surface area (Å²) < 4.78 is 27.0. The van der Waals surface area contributed by atoms with Gasteiger partial charge >= 0.3 is 23.9 Å². The van der Waals surface area contributed by atoms with Gasteiger partial charge in [0.15, 0.2) is 9.84 Å². The van der Waals surface area contributed by atoms with Gasteiger partial charge < -0.3 is 14.9 Å². The summed E-state index contributed by atoms with van der Waals surface area (Å²) in [5.74, 6) is -3.65. The second-order valence-corrected chi connectivity index (χ2v) is 8.17. The van der Waals surface area contributed by atoms with Crippen LogP contribution in [-0.2, 0) is 38.5 Å². The molecule has 1 rings (SSSR count). The maximum Gasteiger partial charge on any atom is 0.338 e. The minimum absolute atomic E-state index is 0.168. The van der Waals surface area contributed by atoms with Gasteiger partial charge in [-0.2, -0.15) is 0 Å². The lowest BCUT2D eigenvalue weighted by molar-refractivity contribution is -0.152. The van der Waals surface area contributed by atoms with Gasteiger partial charge in [0.25, 0.3) is 0 Å². The minimum Gasteiger partial charge on any atom is -0.481 e. The Morgan fingerprint density at radius 1 is 0.882 bits per heavy atom. The molecule has 0 saturated carbocycles. The average molecular weight is 539 g/mol. The SMILES string of the molecule is C=CC(=O)O.C=CC(=O)OC(=O)C=C.O=C(Cl)CCCl.O=C(O)CCS(=O)(=O)c1ccccc1. The third kappa shape index (κ3) is 25.0. The number of hydrogen-bond donors (Lipinski definition) is 2. The Balaban J connectivity index is -0.000000414. The molecule has 0 fully saturated rings. The molecule has 0 unspecified atom stereocenters. The van der Waals surface area contributed by atoms with Crippen molar-refractivity contribution in [3.05, 3.63) is 68.3 Å². The molecule has 188 valence electrons. The first-order valence-corrected chi connectivity index (χ1v) is 11.4. The predicted octanol–water partition coefficient (Wildman–Crippen LogP) is 3.00. The Morgan fingerprint density at radius 2 is 1.32 bits per heavy atom. The second kappa shape index (κ2) is 21.6. The number of benzene rings is 1. The molecule has 10 nitrogen and oxygen atoms in total. The van der Waals surface area contributed by atoms with Crippen LogP contribution in [0.3, 0.4) is 0 Å². The fraction of sp³-hybridized carbons (Fsp3) is 0.190. The summed E-state index contributed by atoms with van der Waals surface area (Å²) in [6.07, 6.45) is 2.54. The normalized spacial score (nSPS) is 9.00. The minimum atomic E-state index is -3.44. The summed E-state index contributed by atoms with van der Waals surface area (Å²) in [6.45, 7) is 9.13. The van der Waals surface area contributed by atoms with Crippen LogP contribution in [0.25, 0.3) is 0 Å². The Bertz CT molecular complexity index is 924. The lowest BCUT2D eigenvalue weighted by Gasteiger charge is -2.01. The van der Waals surface area contributed by atoms with Crippen LogP contribution in [0.15, 0.2) is 73.2 Å². The van der Waals surface area contributed by atoms with Crippen LogP contribution in [0.4, 0.5) is 0 Å². The van der Waals surface area contributed by atoms with Crippen molar-refractivity contribution in [1.82, 2.24) is 0 Å². The van der Waals surface area contributed by atoms with E-state index in [1.54, 1.807) is 18.2 Å². The lowest BCUT2D eigenvalue weighted by Crippen LogP contribution is -2.10. The van der Waals surface area contributed by atoms with E-state index >= 15 is 0 Å². The van der Waals surface area contributed by atoms with Crippen LogP contribution in [-0.4, -0.2) is 59.4 Å². The van der Waals surface area contributed by atoms with Gasteiger partial charge in [0.2, 0.25) is 5.24 Å². The number of sulfone groups is 1. The van der Waals surface area contributed by atoms with Crippen molar-refractivity contribution in [2.24, 2.45) is 0 Å². The van der Waals surface area contributed by atoms with Gasteiger partial charge in [-0.15, -0.1) is 11.6 Å². The first-order valence-electron chi connectivity index (χ1n) is 8.87. The number of carboxylic acids is 2. The summed E-state index contributed by atoms with van der Waals surface area (Å²) in [5.41, 5.74) is 0. The maximum atomic E-state index is 11.5. The molecule has 0 aliphatic carbocycles. The molecule has 13 heteroatoms. The molecule has 0 aliphatic heterocycles. The number of carbonyl (C=O) groups is 5. The molecule has 0 heterocycles. The fourth-order valence-corrected chi connectivity index (χ4v) is 2.84. The Kier molecular flexibility index (Phi) is 22.4. The quantitative estimate of drug-likeness (QED) is 0.156. The van der Waals surface area contributed by atoms with E-state index in [-0.39, 0.29) is 28.7 Å². The van der Waals surface area contributed by atoms with Gasteiger partial charge in [-0.25, -0.2) is 22.8 Å². The van der Waals surface area contributed by atoms with Crippen molar-refractivity contribution in [3.63, 3.8) is 0 Å². The summed E-state index contributed by atoms with van der Waals surface area (Å²) in [7, 11) is -3.44. The molecular weight excluding hydrogens is 515 g/mol. The largest absolute Gasteiger partial charge is 0.481 e. The standard InChI is InChI=1S/C9H10O4S.C6H6O3.C3H4Cl2O.C3H4O2/c10-9(11)6-7-14(12,13)8-4-2-1-3-5-8;1-3-5(7)9-6(8)4-2;4-2-1-3(5)6;1-2-3(4)5/h1-5H,6-7H2,(H,10,11);3-4H,1-2H2;1-2H2;2H,1H2,(H,4,5). The highest BCUT2D eigenvalue weighted by molar-refractivity contribution is 7.91. The van der Waals surface area contributed by atoms with Crippen LogP contribution in [0.5, 0.6) is 0 Å². The number of rotatable bonds is 9. The highest BCUT2D eigenvalue weighted by atomic mass is 35.5. The van der Waals surface area contributed by atoms with Gasteiger partial charge in [-0.05, 0) is 23.7 Å². The fourth-order valence-electron chi connectivity index (χ4n) is 1.22. The molecule has 1 aromatic carbocycles. The molecule has 1 aromatic rings. The molecule has 2 N–H and O–H groups in total. The number of aliphatic carboxylic acids is 2. The first kappa shape index (κ1) is 35.3. The van der Waals surface area contributed by atoms with Crippen LogP contribution >= 0.6 is 23.2 Å². The zero-order valence-corrected chi connectivity index (χ0v) is 20.2. The van der Waals surface area contributed by atoms with E-state index in [1.807, 2.05) is 0 Å². The number of carbonyl (C=O) groups excluding carboxylic acids is 3. The molecule has 0 radical (unpaired) electrons. The van der Waals surface area contributed by atoms with E-state index in [4.69, 9.17) is 33.4 Å². The summed E-state index contributed by atoms with van der Waals surface area (Å²) >= 11 is 9.95. The Hall–Kier alpha value is -3.28.